The van der Waals surface area contributed by atoms with Crippen LogP contribution < -0.4 is 4.74 Å². The topological polar surface area (TPSA) is 9.23 Å². The SMILES string of the molecule is CCc1ccc(Oc2c(F)cc(Cl)cc2F)cc1. The molecule has 0 heterocycles. The highest BCUT2D eigenvalue weighted by atomic mass is 35.5. The van der Waals surface area contributed by atoms with Gasteiger partial charge < -0.3 is 4.74 Å². The Morgan fingerprint density at radius 2 is 1.61 bits per heavy atom. The van der Waals surface area contributed by atoms with Gasteiger partial charge in [0, 0.05) is 5.02 Å². The van der Waals surface area contributed by atoms with Crippen molar-refractivity contribution in [3.05, 3.63) is 58.6 Å². The van der Waals surface area contributed by atoms with E-state index in [1.807, 2.05) is 19.1 Å². The first-order valence-corrected chi connectivity index (χ1v) is 5.89. The Labute approximate surface area is 109 Å². The highest BCUT2D eigenvalue weighted by Crippen LogP contribution is 2.30. The van der Waals surface area contributed by atoms with Gasteiger partial charge in [0.1, 0.15) is 5.75 Å². The van der Waals surface area contributed by atoms with Crippen molar-refractivity contribution in [2.75, 3.05) is 0 Å². The van der Waals surface area contributed by atoms with Crippen molar-refractivity contribution < 1.29 is 13.5 Å². The van der Waals surface area contributed by atoms with Gasteiger partial charge in [-0.1, -0.05) is 30.7 Å². The van der Waals surface area contributed by atoms with Gasteiger partial charge in [0.25, 0.3) is 0 Å². The summed E-state index contributed by atoms with van der Waals surface area (Å²) in [7, 11) is 0. The molecule has 0 N–H and O–H groups in total. The molecule has 0 aromatic heterocycles. The summed E-state index contributed by atoms with van der Waals surface area (Å²) in [5.41, 5.74) is 1.12. The zero-order valence-electron chi connectivity index (χ0n) is 9.71. The Morgan fingerprint density at radius 1 is 1.06 bits per heavy atom. The minimum atomic E-state index is -0.820. The Kier molecular flexibility index (Phi) is 3.82. The molecule has 94 valence electrons. The van der Waals surface area contributed by atoms with E-state index in [2.05, 4.69) is 0 Å². The van der Waals surface area contributed by atoms with Crippen LogP contribution >= 0.6 is 11.6 Å². The van der Waals surface area contributed by atoms with Crippen LogP contribution in [-0.4, -0.2) is 0 Å². The predicted molar refractivity (Wildman–Crippen MR) is 67.3 cm³/mol. The van der Waals surface area contributed by atoms with Crippen LogP contribution in [0.4, 0.5) is 8.78 Å². The highest BCUT2D eigenvalue weighted by molar-refractivity contribution is 6.30. The Hall–Kier alpha value is -1.61. The zero-order valence-corrected chi connectivity index (χ0v) is 10.5. The molecule has 4 heteroatoms. The fourth-order valence-electron chi connectivity index (χ4n) is 1.54. The third kappa shape index (κ3) is 2.79. The molecule has 0 saturated carbocycles. The summed E-state index contributed by atoms with van der Waals surface area (Å²) in [5.74, 6) is -1.70. The predicted octanol–water partition coefficient (Wildman–Crippen LogP) is 4.97. The van der Waals surface area contributed by atoms with Gasteiger partial charge in [-0.05, 0) is 36.2 Å². The minimum absolute atomic E-state index is 0.00122. The average molecular weight is 269 g/mol. The van der Waals surface area contributed by atoms with Gasteiger partial charge in [0.15, 0.2) is 17.4 Å². The number of hydrogen-bond acceptors (Lipinski definition) is 1. The lowest BCUT2D eigenvalue weighted by atomic mass is 10.2. The van der Waals surface area contributed by atoms with E-state index in [1.54, 1.807) is 12.1 Å². The van der Waals surface area contributed by atoms with E-state index in [0.717, 1.165) is 24.1 Å². The van der Waals surface area contributed by atoms with Crippen molar-refractivity contribution in [2.24, 2.45) is 0 Å². The smallest absolute Gasteiger partial charge is 0.198 e. The average Bonchev–Trinajstić information content (AvgIpc) is 2.34. The first-order chi connectivity index (χ1) is 8.60. The first-order valence-electron chi connectivity index (χ1n) is 5.51. The van der Waals surface area contributed by atoms with Gasteiger partial charge in [-0.2, -0.15) is 0 Å². The van der Waals surface area contributed by atoms with Crippen LogP contribution in [0.3, 0.4) is 0 Å². The quantitative estimate of drug-likeness (QED) is 0.763. The maximum atomic E-state index is 13.5. The molecule has 2 aromatic carbocycles. The number of aryl methyl sites for hydroxylation is 1. The van der Waals surface area contributed by atoms with Crippen LogP contribution in [0.15, 0.2) is 36.4 Å². The first kappa shape index (κ1) is 12.8. The highest BCUT2D eigenvalue weighted by Gasteiger charge is 2.13. The maximum Gasteiger partial charge on any atom is 0.198 e. The van der Waals surface area contributed by atoms with Gasteiger partial charge in [-0.3, -0.25) is 0 Å². The molecule has 2 aromatic rings. The van der Waals surface area contributed by atoms with Crippen molar-refractivity contribution in [3.8, 4) is 11.5 Å². The van der Waals surface area contributed by atoms with Crippen molar-refractivity contribution >= 4 is 11.6 Å². The third-order valence-electron chi connectivity index (χ3n) is 2.51. The van der Waals surface area contributed by atoms with Gasteiger partial charge in [0.05, 0.1) is 0 Å². The van der Waals surface area contributed by atoms with E-state index in [1.165, 1.54) is 0 Å². The molecule has 0 saturated heterocycles. The second-order valence-corrected chi connectivity index (χ2v) is 4.23. The summed E-state index contributed by atoms with van der Waals surface area (Å²) in [4.78, 5) is 0. The lowest BCUT2D eigenvalue weighted by Gasteiger charge is -2.08. The summed E-state index contributed by atoms with van der Waals surface area (Å²) in [6.07, 6.45) is 0.893. The fraction of sp³-hybridized carbons (Fsp3) is 0.143. The second-order valence-electron chi connectivity index (χ2n) is 3.80. The van der Waals surface area contributed by atoms with Crippen LogP contribution in [0, 0.1) is 11.6 Å². The van der Waals surface area contributed by atoms with E-state index in [9.17, 15) is 8.78 Å². The molecule has 1 nitrogen and oxygen atoms in total. The number of hydrogen-bond donors (Lipinski definition) is 0. The van der Waals surface area contributed by atoms with Crippen LogP contribution in [0.25, 0.3) is 0 Å². The summed E-state index contributed by atoms with van der Waals surface area (Å²) >= 11 is 5.53. The van der Waals surface area contributed by atoms with Crippen LogP contribution in [0.5, 0.6) is 11.5 Å². The molecule has 0 unspecified atom stereocenters. The molecule has 0 amide bonds. The van der Waals surface area contributed by atoms with Crippen molar-refractivity contribution in [1.29, 1.82) is 0 Å². The van der Waals surface area contributed by atoms with Crippen LogP contribution in [0.2, 0.25) is 5.02 Å². The zero-order chi connectivity index (χ0) is 13.1. The molecule has 0 bridgehead atoms. The molecule has 18 heavy (non-hydrogen) atoms. The van der Waals surface area contributed by atoms with Gasteiger partial charge in [0.2, 0.25) is 0 Å². The Balaban J connectivity index is 2.28. The molecule has 0 atom stereocenters. The number of ether oxygens (including phenoxy) is 1. The van der Waals surface area contributed by atoms with E-state index in [-0.39, 0.29) is 5.02 Å². The summed E-state index contributed by atoms with van der Waals surface area (Å²) in [6, 6.07) is 9.07. The molecule has 0 aliphatic carbocycles. The largest absolute Gasteiger partial charge is 0.451 e. The van der Waals surface area contributed by atoms with E-state index in [0.29, 0.717) is 5.75 Å². The normalized spacial score (nSPS) is 10.4. The molecule has 0 fully saturated rings. The number of benzene rings is 2. The Morgan fingerprint density at radius 3 is 2.11 bits per heavy atom. The molecular weight excluding hydrogens is 258 g/mol. The summed E-state index contributed by atoms with van der Waals surface area (Å²) in [5, 5.41) is -0.00122. The van der Waals surface area contributed by atoms with E-state index < -0.39 is 17.4 Å². The molecule has 0 aliphatic rings. The van der Waals surface area contributed by atoms with E-state index in [4.69, 9.17) is 16.3 Å². The lowest BCUT2D eigenvalue weighted by Crippen LogP contribution is -1.93. The molecule has 0 aliphatic heterocycles. The number of rotatable bonds is 3. The lowest BCUT2D eigenvalue weighted by molar-refractivity contribution is 0.407. The van der Waals surface area contributed by atoms with Gasteiger partial charge in [-0.15, -0.1) is 0 Å². The van der Waals surface area contributed by atoms with E-state index >= 15 is 0 Å². The maximum absolute atomic E-state index is 13.5. The van der Waals surface area contributed by atoms with Crippen molar-refractivity contribution in [3.63, 3.8) is 0 Å². The van der Waals surface area contributed by atoms with Crippen molar-refractivity contribution in [2.45, 2.75) is 13.3 Å². The summed E-state index contributed by atoms with van der Waals surface area (Å²) < 4.78 is 32.2. The van der Waals surface area contributed by atoms with Crippen LogP contribution in [-0.2, 0) is 6.42 Å². The summed E-state index contributed by atoms with van der Waals surface area (Å²) in [6.45, 7) is 2.02. The third-order valence-corrected chi connectivity index (χ3v) is 2.73. The van der Waals surface area contributed by atoms with Gasteiger partial charge >= 0.3 is 0 Å². The van der Waals surface area contributed by atoms with Crippen molar-refractivity contribution in [1.82, 2.24) is 0 Å². The van der Waals surface area contributed by atoms with Crippen LogP contribution in [0.1, 0.15) is 12.5 Å². The molecule has 2 rings (SSSR count). The molecule has 0 spiro atoms. The molecule has 0 radical (unpaired) electrons. The fourth-order valence-corrected chi connectivity index (χ4v) is 1.73. The monoisotopic (exact) mass is 268 g/mol. The Bertz CT molecular complexity index is 529. The molecular formula is C14H11ClF2O. The van der Waals surface area contributed by atoms with Gasteiger partial charge in [-0.25, -0.2) is 8.78 Å². The standard InChI is InChI=1S/C14H11ClF2O/c1-2-9-3-5-11(6-4-9)18-14-12(16)7-10(15)8-13(14)17/h3-8H,2H2,1H3. The second kappa shape index (κ2) is 5.36. The minimum Gasteiger partial charge on any atom is -0.451 e. The number of halogens is 3.